The van der Waals surface area contributed by atoms with Crippen molar-refractivity contribution in [1.29, 1.82) is 0 Å². The second kappa shape index (κ2) is 9.40. The smallest absolute Gasteiger partial charge is 0.420 e. The summed E-state index contributed by atoms with van der Waals surface area (Å²) in [4.78, 5) is 15.1. The molecule has 0 fully saturated rings. The maximum atomic E-state index is 14.7. The lowest BCUT2D eigenvalue weighted by molar-refractivity contribution is -0.270. The Balaban J connectivity index is 2.30. The van der Waals surface area contributed by atoms with Crippen molar-refractivity contribution in [2.24, 2.45) is 0 Å². The third-order valence-electron chi connectivity index (χ3n) is 5.24. The molecule has 0 aliphatic heterocycles. The topological polar surface area (TPSA) is 77.6 Å². The number of aliphatic hydroxyl groups is 1. The third kappa shape index (κ3) is 4.82. The van der Waals surface area contributed by atoms with E-state index < -0.39 is 52.1 Å². The fraction of sp³-hybridized carbons (Fsp3) is 0.318. The average molecular weight is 506 g/mol. The lowest BCUT2D eigenvalue weighted by Crippen LogP contribution is -2.58. The Hall–Kier alpha value is -2.89. The van der Waals surface area contributed by atoms with Gasteiger partial charge in [-0.2, -0.15) is 13.2 Å². The molecule has 3 aromatic rings. The van der Waals surface area contributed by atoms with Crippen LogP contribution in [0.1, 0.15) is 11.6 Å². The Bertz CT molecular complexity index is 1260. The number of benzene rings is 2. The van der Waals surface area contributed by atoms with E-state index in [1.54, 1.807) is 0 Å². The summed E-state index contributed by atoms with van der Waals surface area (Å²) in [5.74, 6) is -2.31. The first-order valence-electron chi connectivity index (χ1n) is 9.83. The van der Waals surface area contributed by atoms with Gasteiger partial charge in [0.05, 0.1) is 23.7 Å². The number of methoxy groups -OCH3 is 1. The number of anilines is 1. The zero-order chi connectivity index (χ0) is 25.4. The molecule has 0 aliphatic rings. The molecule has 0 spiro atoms. The first-order chi connectivity index (χ1) is 15.8. The molecule has 0 aliphatic carbocycles. The van der Waals surface area contributed by atoms with Crippen LogP contribution in [0, 0.1) is 11.6 Å². The molecule has 2 atom stereocenters. The highest BCUT2D eigenvalue weighted by Gasteiger charge is 2.60. The molecule has 1 aromatic heterocycles. The monoisotopic (exact) mass is 505 g/mol. The number of ether oxygens (including phenoxy) is 1. The van der Waals surface area contributed by atoms with Crippen LogP contribution in [0.3, 0.4) is 0 Å². The maximum absolute atomic E-state index is 14.7. The van der Waals surface area contributed by atoms with E-state index in [0.717, 1.165) is 42.3 Å². The molecule has 34 heavy (non-hydrogen) atoms. The molecule has 12 heteroatoms. The van der Waals surface area contributed by atoms with Gasteiger partial charge in [-0.25, -0.2) is 8.78 Å². The molecule has 184 valence electrons. The van der Waals surface area contributed by atoms with Crippen molar-refractivity contribution in [3.8, 4) is 5.75 Å². The summed E-state index contributed by atoms with van der Waals surface area (Å²) in [6.07, 6.45) is -5.23. The van der Waals surface area contributed by atoms with E-state index in [4.69, 9.17) is 16.3 Å². The number of hydrogen-bond acceptors (Lipinski definition) is 5. The Kier molecular flexibility index (Phi) is 7.11. The van der Waals surface area contributed by atoms with Crippen LogP contribution >= 0.6 is 11.6 Å². The summed E-state index contributed by atoms with van der Waals surface area (Å²) in [5.41, 5.74) is -4.69. The van der Waals surface area contributed by atoms with Crippen molar-refractivity contribution >= 4 is 28.2 Å². The van der Waals surface area contributed by atoms with Gasteiger partial charge in [-0.05, 0) is 43.9 Å². The molecule has 0 saturated carbocycles. The van der Waals surface area contributed by atoms with E-state index in [1.165, 1.54) is 20.2 Å². The maximum Gasteiger partial charge on any atom is 0.420 e. The van der Waals surface area contributed by atoms with Crippen molar-refractivity contribution in [2.45, 2.75) is 17.8 Å². The average Bonchev–Trinajstić information content (AvgIpc) is 2.72. The summed E-state index contributed by atoms with van der Waals surface area (Å²) >= 11 is 6.09. The fourth-order valence-electron chi connectivity index (χ4n) is 3.72. The van der Waals surface area contributed by atoms with Crippen LogP contribution in [0.15, 0.2) is 41.2 Å². The normalized spacial score (nSPS) is 14.8. The van der Waals surface area contributed by atoms with E-state index in [9.17, 15) is 31.9 Å². The number of aromatic nitrogens is 1. The number of hydrogen-bond donors (Lipinski definition) is 3. The van der Waals surface area contributed by atoms with E-state index in [0.29, 0.717) is 0 Å². The van der Waals surface area contributed by atoms with Crippen LogP contribution in [0.25, 0.3) is 10.9 Å². The van der Waals surface area contributed by atoms with Gasteiger partial charge in [0.1, 0.15) is 5.82 Å². The van der Waals surface area contributed by atoms with E-state index in [1.807, 2.05) is 0 Å². The second-order valence-electron chi connectivity index (χ2n) is 7.96. The van der Waals surface area contributed by atoms with Crippen molar-refractivity contribution in [3.05, 3.63) is 69.0 Å². The van der Waals surface area contributed by atoms with Crippen molar-refractivity contribution in [3.63, 3.8) is 0 Å². The molecule has 3 rings (SSSR count). The SMILES string of the molecule is COc1ccc(C(Nc2cc(F)cc3[nH]c(=O)ccc23)C(O)(CN(C)C)C(F)(F)F)c(Cl)c1F. The first kappa shape index (κ1) is 25.7. The molecule has 2 aromatic carbocycles. The van der Waals surface area contributed by atoms with Gasteiger partial charge in [-0.3, -0.25) is 4.79 Å². The minimum absolute atomic E-state index is 0.00363. The highest BCUT2D eigenvalue weighted by molar-refractivity contribution is 6.31. The quantitative estimate of drug-likeness (QED) is 0.413. The molecule has 0 amide bonds. The van der Waals surface area contributed by atoms with Crippen LogP contribution in [0.4, 0.5) is 27.6 Å². The Morgan fingerprint density at radius 1 is 1.18 bits per heavy atom. The van der Waals surface area contributed by atoms with E-state index in [-0.39, 0.29) is 22.3 Å². The highest BCUT2D eigenvalue weighted by Crippen LogP contribution is 2.46. The Morgan fingerprint density at radius 2 is 1.85 bits per heavy atom. The molecule has 3 N–H and O–H groups in total. The predicted molar refractivity (Wildman–Crippen MR) is 118 cm³/mol. The number of H-pyrrole nitrogens is 1. The summed E-state index contributed by atoms with van der Waals surface area (Å²) in [6, 6.07) is 4.33. The zero-order valence-electron chi connectivity index (χ0n) is 18.2. The number of alkyl halides is 3. The standard InChI is InChI=1S/C22H21ClF5N3O3/c1-31(2)10-21(33,22(26,27)28)20(13-4-6-16(34-3)19(25)18(13)23)30-15-9-11(24)8-14-12(15)5-7-17(32)29-14/h4-9,20,30,33H,10H2,1-3H3,(H,29,32). The van der Waals surface area contributed by atoms with Gasteiger partial charge < -0.3 is 25.0 Å². The summed E-state index contributed by atoms with van der Waals surface area (Å²) < 4.78 is 76.8. The van der Waals surface area contributed by atoms with Gasteiger partial charge in [-0.1, -0.05) is 17.7 Å². The largest absolute Gasteiger partial charge is 0.494 e. The first-order valence-corrected chi connectivity index (χ1v) is 10.2. The van der Waals surface area contributed by atoms with Crippen LogP contribution < -0.4 is 15.6 Å². The van der Waals surface area contributed by atoms with Crippen molar-refractivity contribution in [2.75, 3.05) is 33.1 Å². The molecule has 2 unspecified atom stereocenters. The summed E-state index contributed by atoms with van der Waals surface area (Å²) in [5, 5.41) is 13.0. The Labute approximate surface area is 195 Å². The minimum Gasteiger partial charge on any atom is -0.494 e. The predicted octanol–water partition coefficient (Wildman–Crippen LogP) is 4.48. The van der Waals surface area contributed by atoms with Gasteiger partial charge in [0.25, 0.3) is 0 Å². The summed E-state index contributed by atoms with van der Waals surface area (Å²) in [6.45, 7) is -0.942. The number of halogens is 6. The zero-order valence-corrected chi connectivity index (χ0v) is 19.0. The van der Waals surface area contributed by atoms with Crippen molar-refractivity contribution < 1.29 is 31.8 Å². The molecule has 6 nitrogen and oxygen atoms in total. The number of nitrogens with one attached hydrogen (secondary N) is 2. The van der Waals surface area contributed by atoms with Crippen LogP contribution in [0.5, 0.6) is 5.75 Å². The van der Waals surface area contributed by atoms with E-state index in [2.05, 4.69) is 10.3 Å². The molecule has 1 heterocycles. The van der Waals surface area contributed by atoms with Gasteiger partial charge in [-0.15, -0.1) is 0 Å². The number of rotatable bonds is 7. The van der Waals surface area contributed by atoms with Gasteiger partial charge in [0.15, 0.2) is 17.2 Å². The number of likely N-dealkylation sites (N-methyl/N-ethyl adjacent to an activating group) is 1. The van der Waals surface area contributed by atoms with Crippen LogP contribution in [0.2, 0.25) is 5.02 Å². The van der Waals surface area contributed by atoms with Crippen molar-refractivity contribution in [1.82, 2.24) is 9.88 Å². The highest BCUT2D eigenvalue weighted by atomic mass is 35.5. The van der Waals surface area contributed by atoms with Gasteiger partial charge in [0.2, 0.25) is 5.56 Å². The molecular formula is C22H21ClF5N3O3. The number of fused-ring (bicyclic) bond motifs is 1. The second-order valence-corrected chi connectivity index (χ2v) is 8.34. The molecule has 0 bridgehead atoms. The summed E-state index contributed by atoms with van der Waals surface area (Å²) in [7, 11) is 3.78. The third-order valence-corrected chi connectivity index (χ3v) is 5.62. The fourth-order valence-corrected chi connectivity index (χ4v) is 3.98. The lowest BCUT2D eigenvalue weighted by Gasteiger charge is -2.40. The minimum atomic E-state index is -5.23. The molecule has 0 saturated heterocycles. The lowest BCUT2D eigenvalue weighted by atomic mass is 9.86. The van der Waals surface area contributed by atoms with Gasteiger partial charge >= 0.3 is 6.18 Å². The van der Waals surface area contributed by atoms with Crippen LogP contribution in [-0.4, -0.2) is 54.5 Å². The Morgan fingerprint density at radius 3 is 2.44 bits per heavy atom. The number of pyridine rings is 1. The van der Waals surface area contributed by atoms with Crippen LogP contribution in [-0.2, 0) is 0 Å². The van der Waals surface area contributed by atoms with E-state index >= 15 is 0 Å². The molecular weight excluding hydrogens is 485 g/mol. The number of nitrogens with zero attached hydrogens (tertiary/aromatic N) is 1. The van der Waals surface area contributed by atoms with Gasteiger partial charge in [0, 0.05) is 23.7 Å². The molecule has 0 radical (unpaired) electrons. The number of aromatic amines is 1.